The molecule has 3 aromatic carbocycles. The maximum absolute atomic E-state index is 12.7. The number of hydrogen-bond acceptors (Lipinski definition) is 6. The Morgan fingerprint density at radius 1 is 0.944 bits per heavy atom. The number of aryl methyl sites for hydroxylation is 1. The molecule has 0 atom stereocenters. The van der Waals surface area contributed by atoms with Gasteiger partial charge in [0.1, 0.15) is 23.6 Å². The number of fused-ring (bicyclic) bond motifs is 1. The second-order valence-electron chi connectivity index (χ2n) is 8.01. The molecule has 7 nitrogen and oxygen atoms in total. The van der Waals surface area contributed by atoms with Gasteiger partial charge in [0.25, 0.3) is 5.56 Å². The smallest absolute Gasteiger partial charge is 0.263 e. The van der Waals surface area contributed by atoms with E-state index in [0.717, 1.165) is 16.7 Å². The number of rotatable bonds is 9. The van der Waals surface area contributed by atoms with E-state index in [4.69, 9.17) is 14.2 Å². The van der Waals surface area contributed by atoms with Crippen LogP contribution in [0, 0.1) is 6.92 Å². The predicted octanol–water partition coefficient (Wildman–Crippen LogP) is 5.05. The summed E-state index contributed by atoms with van der Waals surface area (Å²) in [4.78, 5) is 29.4. The molecule has 4 rings (SSSR count). The van der Waals surface area contributed by atoms with Crippen LogP contribution in [0.5, 0.6) is 17.2 Å². The van der Waals surface area contributed by atoms with E-state index >= 15 is 0 Å². The summed E-state index contributed by atoms with van der Waals surface area (Å²) < 4.78 is 17.7. The van der Waals surface area contributed by atoms with Gasteiger partial charge >= 0.3 is 0 Å². The molecule has 0 saturated heterocycles. The third kappa shape index (κ3) is 5.70. The first-order valence-electron chi connectivity index (χ1n) is 11.3. The Balaban J connectivity index is 1.36. The molecule has 0 bridgehead atoms. The summed E-state index contributed by atoms with van der Waals surface area (Å²) >= 11 is 0. The molecule has 1 aromatic heterocycles. The van der Waals surface area contributed by atoms with E-state index < -0.39 is 0 Å². The SMILES string of the molecule is COc1ccc(/C=C/C(=O)/C=C/c2ccc(OCn3cnc4c(C)cccc4c3=O)cc2)c(OC)c1. The van der Waals surface area contributed by atoms with Gasteiger partial charge < -0.3 is 14.2 Å². The van der Waals surface area contributed by atoms with Gasteiger partial charge in [-0.2, -0.15) is 0 Å². The Hall–Kier alpha value is -4.65. The molecule has 0 aliphatic heterocycles. The number of methoxy groups -OCH3 is 2. The summed E-state index contributed by atoms with van der Waals surface area (Å²) in [5, 5.41) is 0.561. The van der Waals surface area contributed by atoms with Gasteiger partial charge in [-0.15, -0.1) is 0 Å². The van der Waals surface area contributed by atoms with Gasteiger partial charge in [-0.05, 0) is 66.6 Å². The zero-order valence-corrected chi connectivity index (χ0v) is 20.3. The molecule has 36 heavy (non-hydrogen) atoms. The highest BCUT2D eigenvalue weighted by molar-refractivity contribution is 6.04. The number of carbonyl (C=O) groups excluding carboxylic acids is 1. The van der Waals surface area contributed by atoms with Crippen LogP contribution < -0.4 is 19.8 Å². The van der Waals surface area contributed by atoms with Gasteiger partial charge in [-0.25, -0.2) is 4.98 Å². The molecule has 7 heteroatoms. The molecular formula is C29H26N2O5. The maximum atomic E-state index is 12.7. The number of nitrogens with zero attached hydrogens (tertiary/aromatic N) is 2. The molecule has 4 aromatic rings. The highest BCUT2D eigenvalue weighted by Gasteiger charge is 2.06. The number of ketones is 1. The van der Waals surface area contributed by atoms with E-state index in [9.17, 15) is 9.59 Å². The summed E-state index contributed by atoms with van der Waals surface area (Å²) in [6, 6.07) is 18.2. The lowest BCUT2D eigenvalue weighted by Crippen LogP contribution is -2.23. The fourth-order valence-corrected chi connectivity index (χ4v) is 3.61. The van der Waals surface area contributed by atoms with Crippen LogP contribution in [0.25, 0.3) is 23.1 Å². The van der Waals surface area contributed by atoms with Crippen molar-refractivity contribution < 1.29 is 19.0 Å². The number of aromatic nitrogens is 2. The van der Waals surface area contributed by atoms with E-state index in [1.807, 2.05) is 37.3 Å². The number of benzene rings is 3. The van der Waals surface area contributed by atoms with E-state index in [1.165, 1.54) is 23.0 Å². The van der Waals surface area contributed by atoms with Gasteiger partial charge in [-0.3, -0.25) is 14.2 Å². The number of carbonyl (C=O) groups is 1. The van der Waals surface area contributed by atoms with Crippen molar-refractivity contribution in [3.8, 4) is 17.2 Å². The minimum Gasteiger partial charge on any atom is -0.497 e. The first-order valence-corrected chi connectivity index (χ1v) is 11.3. The lowest BCUT2D eigenvalue weighted by Gasteiger charge is -2.10. The van der Waals surface area contributed by atoms with Crippen molar-refractivity contribution in [2.24, 2.45) is 0 Å². The zero-order valence-electron chi connectivity index (χ0n) is 20.3. The highest BCUT2D eigenvalue weighted by atomic mass is 16.5. The Morgan fingerprint density at radius 2 is 1.69 bits per heavy atom. The van der Waals surface area contributed by atoms with Crippen molar-refractivity contribution in [1.29, 1.82) is 0 Å². The first kappa shape index (κ1) is 24.5. The van der Waals surface area contributed by atoms with Gasteiger partial charge in [0.2, 0.25) is 0 Å². The zero-order chi connectivity index (χ0) is 25.5. The van der Waals surface area contributed by atoms with Crippen LogP contribution in [-0.4, -0.2) is 29.6 Å². The largest absolute Gasteiger partial charge is 0.497 e. The summed E-state index contributed by atoms with van der Waals surface area (Å²) in [5.74, 6) is 1.74. The number of hydrogen-bond donors (Lipinski definition) is 0. The molecule has 0 spiro atoms. The number of para-hydroxylation sites is 1. The molecule has 1 heterocycles. The average Bonchev–Trinajstić information content (AvgIpc) is 2.91. The summed E-state index contributed by atoms with van der Waals surface area (Å²) in [5.41, 5.74) is 3.11. The Kier molecular flexibility index (Phi) is 7.60. The van der Waals surface area contributed by atoms with Crippen LogP contribution >= 0.6 is 0 Å². The molecule has 0 aliphatic carbocycles. The average molecular weight is 483 g/mol. The van der Waals surface area contributed by atoms with E-state index in [1.54, 1.807) is 56.7 Å². The van der Waals surface area contributed by atoms with E-state index in [-0.39, 0.29) is 18.1 Å². The first-order chi connectivity index (χ1) is 17.5. The van der Waals surface area contributed by atoms with Gasteiger partial charge in [-0.1, -0.05) is 30.3 Å². The molecule has 0 fully saturated rings. The minimum absolute atomic E-state index is 0.0446. The third-order valence-corrected chi connectivity index (χ3v) is 5.61. The van der Waals surface area contributed by atoms with Crippen molar-refractivity contribution >= 4 is 28.8 Å². The quantitative estimate of drug-likeness (QED) is 0.311. The molecule has 182 valence electrons. The van der Waals surface area contributed by atoms with Crippen molar-refractivity contribution in [2.75, 3.05) is 14.2 Å². The number of allylic oxidation sites excluding steroid dienone is 2. The van der Waals surface area contributed by atoms with Crippen LogP contribution in [0.3, 0.4) is 0 Å². The van der Waals surface area contributed by atoms with Crippen LogP contribution in [0.15, 0.2) is 83.9 Å². The maximum Gasteiger partial charge on any atom is 0.263 e. The highest BCUT2D eigenvalue weighted by Crippen LogP contribution is 2.25. The Labute approximate surface area is 208 Å². The standard InChI is InChI=1S/C29H26N2O5/c1-20-5-4-6-26-28(20)30-18-31(29(26)33)19-36-24-14-8-21(9-15-24)7-12-23(32)13-10-22-11-16-25(34-2)17-27(22)35-3/h4-18H,19H2,1-3H3/b12-7+,13-10+. The van der Waals surface area contributed by atoms with Gasteiger partial charge in [0.15, 0.2) is 12.5 Å². The molecule has 0 N–H and O–H groups in total. The molecule has 0 aliphatic rings. The third-order valence-electron chi connectivity index (χ3n) is 5.61. The number of ether oxygens (including phenoxy) is 3. The minimum atomic E-state index is -0.161. The normalized spacial score (nSPS) is 11.3. The summed E-state index contributed by atoms with van der Waals surface area (Å²) in [6.45, 7) is 1.97. The van der Waals surface area contributed by atoms with Crippen molar-refractivity contribution in [1.82, 2.24) is 9.55 Å². The monoisotopic (exact) mass is 482 g/mol. The lowest BCUT2D eigenvalue weighted by molar-refractivity contribution is -0.110. The van der Waals surface area contributed by atoms with E-state index in [0.29, 0.717) is 28.2 Å². The van der Waals surface area contributed by atoms with Gasteiger partial charge in [0, 0.05) is 11.6 Å². The van der Waals surface area contributed by atoms with Crippen LogP contribution in [0.1, 0.15) is 16.7 Å². The molecule has 0 unspecified atom stereocenters. The second kappa shape index (κ2) is 11.2. The second-order valence-corrected chi connectivity index (χ2v) is 8.01. The van der Waals surface area contributed by atoms with Crippen molar-refractivity contribution in [3.63, 3.8) is 0 Å². The van der Waals surface area contributed by atoms with Crippen LogP contribution in [0.2, 0.25) is 0 Å². The predicted molar refractivity (Wildman–Crippen MR) is 140 cm³/mol. The molecule has 0 saturated carbocycles. The van der Waals surface area contributed by atoms with Crippen molar-refractivity contribution in [2.45, 2.75) is 13.7 Å². The fraction of sp³-hybridized carbons (Fsp3) is 0.138. The lowest BCUT2D eigenvalue weighted by atomic mass is 10.1. The van der Waals surface area contributed by atoms with E-state index in [2.05, 4.69) is 4.98 Å². The molecule has 0 radical (unpaired) electrons. The summed E-state index contributed by atoms with van der Waals surface area (Å²) in [6.07, 6.45) is 7.89. The van der Waals surface area contributed by atoms with Crippen molar-refractivity contribution in [3.05, 3.63) is 106 Å². The van der Waals surface area contributed by atoms with Crippen LogP contribution in [0.4, 0.5) is 0 Å². The van der Waals surface area contributed by atoms with Crippen LogP contribution in [-0.2, 0) is 11.5 Å². The Bertz CT molecular complexity index is 1500. The summed E-state index contributed by atoms with van der Waals surface area (Å²) in [7, 11) is 3.15. The molecular weight excluding hydrogens is 456 g/mol. The van der Waals surface area contributed by atoms with Gasteiger partial charge in [0.05, 0.1) is 25.1 Å². The fourth-order valence-electron chi connectivity index (χ4n) is 3.61. The Morgan fingerprint density at radius 3 is 2.44 bits per heavy atom. The molecule has 0 amide bonds. The topological polar surface area (TPSA) is 79.7 Å².